The Morgan fingerprint density at radius 1 is 1.47 bits per heavy atom. The molecule has 0 radical (unpaired) electrons. The number of benzene rings is 1. The van der Waals surface area contributed by atoms with Gasteiger partial charge in [0, 0.05) is 11.0 Å². The second-order valence-corrected chi connectivity index (χ2v) is 5.76. The summed E-state index contributed by atoms with van der Waals surface area (Å²) >= 11 is 3.28. The predicted octanol–water partition coefficient (Wildman–Crippen LogP) is 2.09. The van der Waals surface area contributed by atoms with E-state index in [1.54, 1.807) is 12.1 Å². The van der Waals surface area contributed by atoms with Gasteiger partial charge in [0.2, 0.25) is 5.91 Å². The highest BCUT2D eigenvalue weighted by Gasteiger charge is 2.36. The summed E-state index contributed by atoms with van der Waals surface area (Å²) in [6.07, 6.45) is 0.742. The molecule has 1 unspecified atom stereocenters. The molecule has 1 aliphatic heterocycles. The van der Waals surface area contributed by atoms with Crippen molar-refractivity contribution in [1.82, 2.24) is 5.32 Å². The van der Waals surface area contributed by atoms with Crippen molar-refractivity contribution in [2.45, 2.75) is 13.3 Å². The van der Waals surface area contributed by atoms with Gasteiger partial charge in [0.25, 0.3) is 0 Å². The molecule has 2 rings (SSSR count). The van der Waals surface area contributed by atoms with E-state index in [4.69, 9.17) is 5.11 Å². The molecule has 0 saturated carbocycles. The number of carboxylic acid groups (broad SMARTS) is 1. The normalized spacial score (nSPS) is 22.2. The van der Waals surface area contributed by atoms with Crippen molar-refractivity contribution in [1.29, 1.82) is 0 Å². The van der Waals surface area contributed by atoms with Crippen LogP contribution in [-0.2, 0) is 4.79 Å². The molecule has 3 N–H and O–H groups in total. The molecule has 0 bridgehead atoms. The quantitative estimate of drug-likeness (QED) is 0.794. The maximum atomic E-state index is 12.3. The summed E-state index contributed by atoms with van der Waals surface area (Å²) in [5.41, 5.74) is -0.101. The lowest BCUT2D eigenvalue weighted by Crippen LogP contribution is -2.35. The molecular formula is C13H15BrN2O3. The van der Waals surface area contributed by atoms with Crippen LogP contribution in [0.15, 0.2) is 22.7 Å². The summed E-state index contributed by atoms with van der Waals surface area (Å²) in [5.74, 6) is -1.22. The Labute approximate surface area is 119 Å². The zero-order chi connectivity index (χ0) is 14.0. The molecule has 5 nitrogen and oxygen atoms in total. The second kappa shape index (κ2) is 5.30. The third-order valence-corrected chi connectivity index (χ3v) is 4.06. The van der Waals surface area contributed by atoms with Crippen LogP contribution in [0.4, 0.5) is 5.69 Å². The van der Waals surface area contributed by atoms with Gasteiger partial charge in [0.15, 0.2) is 0 Å². The highest BCUT2D eigenvalue weighted by Crippen LogP contribution is 2.31. The molecule has 1 fully saturated rings. The standard InChI is InChI=1S/C13H15BrN2O3/c1-13(5-6-15-7-13)12(19)16-10-8(11(17)18)3-2-4-9(10)14/h2-4,15H,5-7H2,1H3,(H,16,19)(H,17,18). The van der Waals surface area contributed by atoms with Gasteiger partial charge in [0.1, 0.15) is 0 Å². The Bertz CT molecular complexity index is 525. The lowest BCUT2D eigenvalue weighted by atomic mass is 9.88. The zero-order valence-corrected chi connectivity index (χ0v) is 12.1. The first-order valence-corrected chi connectivity index (χ1v) is 6.77. The average molecular weight is 327 g/mol. The molecule has 1 amide bonds. The monoisotopic (exact) mass is 326 g/mol. The first kappa shape index (κ1) is 14.0. The lowest BCUT2D eigenvalue weighted by molar-refractivity contribution is -0.123. The van der Waals surface area contributed by atoms with Crippen LogP contribution in [0.3, 0.4) is 0 Å². The van der Waals surface area contributed by atoms with E-state index in [0.717, 1.165) is 13.0 Å². The van der Waals surface area contributed by atoms with Gasteiger partial charge in [-0.25, -0.2) is 4.79 Å². The van der Waals surface area contributed by atoms with Crippen LogP contribution in [0.5, 0.6) is 0 Å². The minimum absolute atomic E-state index is 0.0808. The minimum atomic E-state index is -1.06. The van der Waals surface area contributed by atoms with E-state index in [9.17, 15) is 9.59 Å². The van der Waals surface area contributed by atoms with Crippen molar-refractivity contribution in [3.05, 3.63) is 28.2 Å². The zero-order valence-electron chi connectivity index (χ0n) is 10.5. The average Bonchev–Trinajstić information content (AvgIpc) is 2.79. The van der Waals surface area contributed by atoms with Crippen molar-refractivity contribution in [2.24, 2.45) is 5.41 Å². The van der Waals surface area contributed by atoms with Crippen LogP contribution in [-0.4, -0.2) is 30.1 Å². The number of carbonyl (C=O) groups excluding carboxylic acids is 1. The summed E-state index contributed by atoms with van der Waals surface area (Å²) in [4.78, 5) is 23.5. The largest absolute Gasteiger partial charge is 0.478 e. The number of carbonyl (C=O) groups is 2. The number of rotatable bonds is 3. The number of hydrogen-bond acceptors (Lipinski definition) is 3. The van der Waals surface area contributed by atoms with Crippen LogP contribution in [0.2, 0.25) is 0 Å². The molecule has 0 spiro atoms. The van der Waals surface area contributed by atoms with E-state index in [0.29, 0.717) is 16.7 Å². The van der Waals surface area contributed by atoms with Crippen LogP contribution >= 0.6 is 15.9 Å². The summed E-state index contributed by atoms with van der Waals surface area (Å²) in [7, 11) is 0. The summed E-state index contributed by atoms with van der Waals surface area (Å²) in [6, 6.07) is 4.80. The molecule has 0 aliphatic carbocycles. The molecule has 1 aliphatic rings. The van der Waals surface area contributed by atoms with Crippen LogP contribution in [0, 0.1) is 5.41 Å². The third kappa shape index (κ3) is 2.79. The first-order valence-electron chi connectivity index (χ1n) is 5.98. The van der Waals surface area contributed by atoms with E-state index < -0.39 is 11.4 Å². The number of nitrogens with one attached hydrogen (secondary N) is 2. The summed E-state index contributed by atoms with van der Waals surface area (Å²) in [5, 5.41) is 15.0. The van der Waals surface area contributed by atoms with Crippen LogP contribution in [0.1, 0.15) is 23.7 Å². The predicted molar refractivity (Wildman–Crippen MR) is 75.3 cm³/mol. The molecule has 1 aromatic carbocycles. The Morgan fingerprint density at radius 2 is 2.21 bits per heavy atom. The van der Waals surface area contributed by atoms with Gasteiger partial charge in [-0.1, -0.05) is 6.07 Å². The van der Waals surface area contributed by atoms with Crippen LogP contribution < -0.4 is 10.6 Å². The number of aromatic carboxylic acids is 1. The fourth-order valence-electron chi connectivity index (χ4n) is 2.10. The lowest BCUT2D eigenvalue weighted by Gasteiger charge is -2.22. The molecule has 1 saturated heterocycles. The smallest absolute Gasteiger partial charge is 0.337 e. The maximum absolute atomic E-state index is 12.3. The molecular weight excluding hydrogens is 312 g/mol. The Hall–Kier alpha value is -1.40. The molecule has 102 valence electrons. The molecule has 1 heterocycles. The van der Waals surface area contributed by atoms with E-state index in [2.05, 4.69) is 26.6 Å². The number of halogens is 1. The van der Waals surface area contributed by atoms with Gasteiger partial charge >= 0.3 is 5.97 Å². The second-order valence-electron chi connectivity index (χ2n) is 4.91. The van der Waals surface area contributed by atoms with Crippen molar-refractivity contribution in [3.63, 3.8) is 0 Å². The van der Waals surface area contributed by atoms with E-state index in [1.165, 1.54) is 6.07 Å². The van der Waals surface area contributed by atoms with Crippen molar-refractivity contribution >= 4 is 33.5 Å². The minimum Gasteiger partial charge on any atom is -0.478 e. The van der Waals surface area contributed by atoms with E-state index >= 15 is 0 Å². The van der Waals surface area contributed by atoms with Gasteiger partial charge in [-0.05, 0) is 48.0 Å². The van der Waals surface area contributed by atoms with Gasteiger partial charge in [-0.15, -0.1) is 0 Å². The molecule has 19 heavy (non-hydrogen) atoms. The fraction of sp³-hybridized carbons (Fsp3) is 0.385. The van der Waals surface area contributed by atoms with Crippen LogP contribution in [0.25, 0.3) is 0 Å². The van der Waals surface area contributed by atoms with Crippen molar-refractivity contribution in [3.8, 4) is 0 Å². The van der Waals surface area contributed by atoms with Crippen molar-refractivity contribution in [2.75, 3.05) is 18.4 Å². The third-order valence-electron chi connectivity index (χ3n) is 3.40. The topological polar surface area (TPSA) is 78.4 Å². The van der Waals surface area contributed by atoms with Gasteiger partial charge in [0.05, 0.1) is 16.7 Å². The number of para-hydroxylation sites is 1. The highest BCUT2D eigenvalue weighted by molar-refractivity contribution is 9.10. The SMILES string of the molecule is CC1(C(=O)Nc2c(Br)cccc2C(=O)O)CCNC1. The van der Waals surface area contributed by atoms with E-state index in [1.807, 2.05) is 6.92 Å². The van der Waals surface area contributed by atoms with Gasteiger partial charge in [-0.2, -0.15) is 0 Å². The molecule has 1 aromatic rings. The van der Waals surface area contributed by atoms with E-state index in [-0.39, 0.29) is 11.5 Å². The molecule has 6 heteroatoms. The Balaban J connectivity index is 2.28. The number of hydrogen-bond donors (Lipinski definition) is 3. The van der Waals surface area contributed by atoms with Crippen molar-refractivity contribution < 1.29 is 14.7 Å². The van der Waals surface area contributed by atoms with Gasteiger partial charge in [-0.3, -0.25) is 4.79 Å². The first-order chi connectivity index (χ1) is 8.94. The number of carboxylic acids is 1. The van der Waals surface area contributed by atoms with Gasteiger partial charge < -0.3 is 15.7 Å². The highest BCUT2D eigenvalue weighted by atomic mass is 79.9. The Kier molecular flexibility index (Phi) is 3.91. The Morgan fingerprint density at radius 3 is 2.79 bits per heavy atom. The summed E-state index contributed by atoms with van der Waals surface area (Å²) < 4.78 is 0.565. The summed E-state index contributed by atoms with van der Waals surface area (Å²) in [6.45, 7) is 3.27. The fourth-order valence-corrected chi connectivity index (χ4v) is 2.57. The number of anilines is 1. The maximum Gasteiger partial charge on any atom is 0.337 e. The molecule has 1 atom stereocenters. The number of amides is 1. The molecule has 0 aromatic heterocycles.